The van der Waals surface area contributed by atoms with Crippen LogP contribution in [0.1, 0.15) is 24.0 Å². The minimum atomic E-state index is -0.404. The molecule has 0 saturated carbocycles. The summed E-state index contributed by atoms with van der Waals surface area (Å²) in [6, 6.07) is 11.4. The third-order valence-electron chi connectivity index (χ3n) is 5.10. The van der Waals surface area contributed by atoms with Gasteiger partial charge in [0.25, 0.3) is 0 Å². The first-order valence-corrected chi connectivity index (χ1v) is 9.62. The average molecular weight is 388 g/mol. The molecular formula is C22H26F2N2O2. The number of halogens is 2. The summed E-state index contributed by atoms with van der Waals surface area (Å²) in [4.78, 5) is 16.8. The number of methoxy groups -OCH3 is 1. The monoisotopic (exact) mass is 388 g/mol. The summed E-state index contributed by atoms with van der Waals surface area (Å²) in [5.74, 6) is -0.324. The maximum Gasteiger partial charge on any atom is 0.222 e. The van der Waals surface area contributed by atoms with E-state index >= 15 is 0 Å². The van der Waals surface area contributed by atoms with Crippen molar-refractivity contribution in [2.75, 3.05) is 33.3 Å². The molecule has 0 radical (unpaired) electrons. The maximum absolute atomic E-state index is 13.8. The Morgan fingerprint density at radius 2 is 1.75 bits per heavy atom. The molecule has 150 valence electrons. The number of hydrogen-bond acceptors (Lipinski definition) is 3. The van der Waals surface area contributed by atoms with Gasteiger partial charge < -0.3 is 9.64 Å². The van der Waals surface area contributed by atoms with Gasteiger partial charge in [-0.05, 0) is 48.2 Å². The minimum absolute atomic E-state index is 0.0971. The van der Waals surface area contributed by atoms with Crippen LogP contribution >= 0.6 is 0 Å². The van der Waals surface area contributed by atoms with Crippen molar-refractivity contribution in [3.63, 3.8) is 0 Å². The highest BCUT2D eigenvalue weighted by atomic mass is 19.1. The molecule has 0 atom stereocenters. The molecule has 2 aromatic carbocycles. The third kappa shape index (κ3) is 5.52. The van der Waals surface area contributed by atoms with Crippen molar-refractivity contribution < 1.29 is 18.3 Å². The normalized spacial score (nSPS) is 15.3. The quantitative estimate of drug-likeness (QED) is 0.758. The van der Waals surface area contributed by atoms with Gasteiger partial charge in [-0.25, -0.2) is 8.78 Å². The second-order valence-corrected chi connectivity index (χ2v) is 7.11. The van der Waals surface area contributed by atoms with Crippen LogP contribution < -0.4 is 4.74 Å². The van der Waals surface area contributed by atoms with Crippen LogP contribution in [0.3, 0.4) is 0 Å². The van der Waals surface area contributed by atoms with Crippen LogP contribution in [-0.4, -0.2) is 49.0 Å². The van der Waals surface area contributed by atoms with Gasteiger partial charge in [-0.1, -0.05) is 18.2 Å². The van der Waals surface area contributed by atoms with E-state index in [-0.39, 0.29) is 17.5 Å². The number of aryl methyl sites for hydroxylation is 1. The molecule has 1 saturated heterocycles. The van der Waals surface area contributed by atoms with Crippen molar-refractivity contribution in [1.82, 2.24) is 9.80 Å². The fourth-order valence-corrected chi connectivity index (χ4v) is 3.50. The predicted octanol–water partition coefficient (Wildman–Crippen LogP) is 3.64. The van der Waals surface area contributed by atoms with Crippen molar-refractivity contribution >= 4 is 5.91 Å². The van der Waals surface area contributed by atoms with E-state index < -0.39 is 5.82 Å². The summed E-state index contributed by atoms with van der Waals surface area (Å²) in [6.07, 6.45) is 1.78. The van der Waals surface area contributed by atoms with Gasteiger partial charge in [0.15, 0.2) is 11.6 Å². The second kappa shape index (κ2) is 9.64. The van der Waals surface area contributed by atoms with E-state index in [2.05, 4.69) is 4.90 Å². The van der Waals surface area contributed by atoms with Gasteiger partial charge >= 0.3 is 0 Å². The van der Waals surface area contributed by atoms with Crippen LogP contribution in [-0.2, 0) is 17.8 Å². The van der Waals surface area contributed by atoms with Crippen LogP contribution in [0, 0.1) is 11.6 Å². The van der Waals surface area contributed by atoms with E-state index in [9.17, 15) is 13.6 Å². The Bertz CT molecular complexity index is 796. The Morgan fingerprint density at radius 3 is 2.46 bits per heavy atom. The summed E-state index contributed by atoms with van der Waals surface area (Å²) >= 11 is 0. The molecule has 28 heavy (non-hydrogen) atoms. The molecule has 0 aliphatic carbocycles. The Labute approximate surface area is 164 Å². The first-order chi connectivity index (χ1) is 13.5. The van der Waals surface area contributed by atoms with E-state index in [4.69, 9.17) is 4.74 Å². The molecule has 0 spiro atoms. The average Bonchev–Trinajstić information content (AvgIpc) is 2.93. The largest absolute Gasteiger partial charge is 0.494 e. The molecule has 6 heteroatoms. The van der Waals surface area contributed by atoms with Crippen molar-refractivity contribution in [2.24, 2.45) is 0 Å². The summed E-state index contributed by atoms with van der Waals surface area (Å²) in [5, 5.41) is 0. The molecule has 0 unspecified atom stereocenters. The zero-order chi connectivity index (χ0) is 19.9. The highest BCUT2D eigenvalue weighted by Crippen LogP contribution is 2.19. The minimum Gasteiger partial charge on any atom is -0.494 e. The summed E-state index contributed by atoms with van der Waals surface area (Å²) in [5.41, 5.74) is 1.86. The first kappa shape index (κ1) is 20.3. The van der Waals surface area contributed by atoms with Crippen molar-refractivity contribution in [3.05, 3.63) is 65.2 Å². The number of nitrogens with zero attached hydrogens (tertiary/aromatic N) is 2. The molecule has 1 fully saturated rings. The van der Waals surface area contributed by atoms with E-state index in [0.29, 0.717) is 19.4 Å². The van der Waals surface area contributed by atoms with Gasteiger partial charge in [0.1, 0.15) is 5.82 Å². The maximum atomic E-state index is 13.8. The third-order valence-corrected chi connectivity index (χ3v) is 5.10. The molecular weight excluding hydrogens is 362 g/mol. The summed E-state index contributed by atoms with van der Waals surface area (Å²) in [6.45, 7) is 3.87. The van der Waals surface area contributed by atoms with E-state index in [1.165, 1.54) is 25.3 Å². The van der Waals surface area contributed by atoms with Crippen LogP contribution in [0.4, 0.5) is 8.78 Å². The Kier molecular flexibility index (Phi) is 6.98. The van der Waals surface area contributed by atoms with Crippen LogP contribution in [0.15, 0.2) is 42.5 Å². The van der Waals surface area contributed by atoms with Gasteiger partial charge in [0.05, 0.1) is 7.11 Å². The lowest BCUT2D eigenvalue weighted by atomic mass is 10.1. The van der Waals surface area contributed by atoms with E-state index in [1.54, 1.807) is 24.3 Å². The topological polar surface area (TPSA) is 32.8 Å². The van der Waals surface area contributed by atoms with Gasteiger partial charge in [-0.3, -0.25) is 9.69 Å². The SMILES string of the molecule is COc1ccc(CCC(=O)N2CCCN(Cc3ccc(F)cc3)CC2)cc1F. The number of benzene rings is 2. The van der Waals surface area contributed by atoms with Gasteiger partial charge in [-0.2, -0.15) is 0 Å². The zero-order valence-electron chi connectivity index (χ0n) is 16.2. The van der Waals surface area contributed by atoms with E-state index in [0.717, 1.165) is 43.7 Å². The molecule has 1 aliphatic rings. The number of rotatable bonds is 6. The predicted molar refractivity (Wildman–Crippen MR) is 104 cm³/mol. The lowest BCUT2D eigenvalue weighted by molar-refractivity contribution is -0.131. The van der Waals surface area contributed by atoms with Crippen LogP contribution in [0.2, 0.25) is 0 Å². The van der Waals surface area contributed by atoms with Gasteiger partial charge in [0.2, 0.25) is 5.91 Å². The molecule has 4 nitrogen and oxygen atoms in total. The number of carbonyl (C=O) groups excluding carboxylic acids is 1. The molecule has 0 bridgehead atoms. The number of ether oxygens (including phenoxy) is 1. The molecule has 1 heterocycles. The highest BCUT2D eigenvalue weighted by Gasteiger charge is 2.19. The lowest BCUT2D eigenvalue weighted by Crippen LogP contribution is -2.35. The number of carbonyl (C=O) groups is 1. The van der Waals surface area contributed by atoms with Gasteiger partial charge in [0, 0.05) is 39.1 Å². The molecule has 1 aliphatic heterocycles. The number of hydrogen-bond donors (Lipinski definition) is 0. The molecule has 1 amide bonds. The Morgan fingerprint density at radius 1 is 1.00 bits per heavy atom. The highest BCUT2D eigenvalue weighted by molar-refractivity contribution is 5.76. The standard InChI is InChI=1S/C22H26F2N2O2/c1-28-21-9-5-17(15-20(21)24)6-10-22(27)26-12-2-11-25(13-14-26)16-18-3-7-19(23)8-4-18/h3-5,7-9,15H,2,6,10-14,16H2,1H3. The lowest BCUT2D eigenvalue weighted by Gasteiger charge is -2.22. The smallest absolute Gasteiger partial charge is 0.222 e. The summed E-state index contributed by atoms with van der Waals surface area (Å²) < 4.78 is 31.7. The molecule has 0 aromatic heterocycles. The van der Waals surface area contributed by atoms with Gasteiger partial charge in [-0.15, -0.1) is 0 Å². The molecule has 2 aromatic rings. The zero-order valence-corrected chi connectivity index (χ0v) is 16.2. The van der Waals surface area contributed by atoms with Crippen molar-refractivity contribution in [2.45, 2.75) is 25.8 Å². The fourth-order valence-electron chi connectivity index (χ4n) is 3.50. The summed E-state index contributed by atoms with van der Waals surface area (Å²) in [7, 11) is 1.43. The van der Waals surface area contributed by atoms with E-state index in [1.807, 2.05) is 4.90 Å². The molecule has 3 rings (SSSR count). The van der Waals surface area contributed by atoms with Crippen molar-refractivity contribution in [1.29, 1.82) is 0 Å². The van der Waals surface area contributed by atoms with Crippen LogP contribution in [0.5, 0.6) is 5.75 Å². The first-order valence-electron chi connectivity index (χ1n) is 9.62. The van der Waals surface area contributed by atoms with Crippen molar-refractivity contribution in [3.8, 4) is 5.75 Å². The fraction of sp³-hybridized carbons (Fsp3) is 0.409. The Hall–Kier alpha value is -2.47. The number of amides is 1. The molecule has 0 N–H and O–H groups in total. The Balaban J connectivity index is 1.48. The van der Waals surface area contributed by atoms with Crippen LogP contribution in [0.25, 0.3) is 0 Å². The second-order valence-electron chi connectivity index (χ2n) is 7.11.